The van der Waals surface area contributed by atoms with Gasteiger partial charge in [0.1, 0.15) is 0 Å². The summed E-state index contributed by atoms with van der Waals surface area (Å²) in [6, 6.07) is 0. The maximum atomic E-state index is 8.19. The summed E-state index contributed by atoms with van der Waals surface area (Å²) in [5.74, 6) is 0. The van der Waals surface area contributed by atoms with E-state index < -0.39 is 0 Å². The molecule has 0 aliphatic carbocycles. The van der Waals surface area contributed by atoms with Gasteiger partial charge in [-0.15, -0.1) is 0 Å². The van der Waals surface area contributed by atoms with E-state index in [-0.39, 0.29) is 11.6 Å². The molecule has 1 unspecified atom stereocenters. The molecule has 0 aliphatic heterocycles. The second-order valence-corrected chi connectivity index (χ2v) is 1.70. The van der Waals surface area contributed by atoms with Gasteiger partial charge < -0.3 is 9.84 Å². The van der Waals surface area contributed by atoms with E-state index in [1.165, 1.54) is 0 Å². The lowest BCUT2D eigenvalue weighted by Crippen LogP contribution is -2.14. The van der Waals surface area contributed by atoms with Crippen LogP contribution in [0.4, 0.5) is 0 Å². The minimum Gasteiger partial charge on any atom is -0.397 e. The molecule has 2 radical (unpaired) electrons. The minimum atomic E-state index is -0.0926. The zero-order valence-corrected chi connectivity index (χ0v) is 4.87. The van der Waals surface area contributed by atoms with E-state index in [1.807, 2.05) is 0 Å². The number of hydrogen-bond acceptors (Lipinski definition) is 2. The zero-order valence-electron chi connectivity index (χ0n) is 3.72. The van der Waals surface area contributed by atoms with Gasteiger partial charge in [-0.2, -0.15) is 0 Å². The first-order valence-electron chi connectivity index (χ1n) is 1.70. The fourth-order valence-corrected chi connectivity index (χ4v) is 0.0745. The van der Waals surface area contributed by atoms with E-state index in [0.29, 0.717) is 0 Å². The molecule has 0 fully saturated rings. The molecular weight excluding hydrogens is 95.0 g/mol. The van der Waals surface area contributed by atoms with Crippen LogP contribution in [0.15, 0.2) is 0 Å². The Morgan fingerprint density at radius 1 is 2.00 bits per heavy atom. The van der Waals surface area contributed by atoms with Crippen LogP contribution >= 0.6 is 0 Å². The molecule has 3 heteroatoms. The molecule has 0 aromatic heterocycles. The van der Waals surface area contributed by atoms with Crippen molar-refractivity contribution in [1.82, 2.24) is 0 Å². The van der Waals surface area contributed by atoms with E-state index in [2.05, 4.69) is 21.0 Å². The average molecular weight is 102 g/mol. The molecule has 0 bridgehead atoms. The Bertz CT molecular complexity index is 28.0. The van der Waals surface area contributed by atoms with Crippen molar-refractivity contribution in [3.05, 3.63) is 0 Å². The van der Waals surface area contributed by atoms with Crippen molar-refractivity contribution in [2.45, 2.75) is 4.97 Å². The van der Waals surface area contributed by atoms with Gasteiger partial charge in [0.25, 0.3) is 0 Å². The smallest absolute Gasteiger partial charge is 0.174 e. The number of ether oxygens (including phenoxy) is 1. The van der Waals surface area contributed by atoms with Crippen molar-refractivity contribution < 1.29 is 9.84 Å². The van der Waals surface area contributed by atoms with Crippen molar-refractivity contribution in [2.75, 3.05) is 13.7 Å². The van der Waals surface area contributed by atoms with E-state index >= 15 is 0 Å². The van der Waals surface area contributed by atoms with Crippen LogP contribution in [-0.2, 0) is 4.74 Å². The first-order valence-corrected chi connectivity index (χ1v) is 2.37. The summed E-state index contributed by atoms with van der Waals surface area (Å²) >= 11 is 2.34. The van der Waals surface area contributed by atoms with Crippen molar-refractivity contribution in [1.29, 1.82) is 0 Å². The maximum absolute atomic E-state index is 8.19. The molecule has 0 rings (SSSR count). The fourth-order valence-electron chi connectivity index (χ4n) is 0.0745. The number of hydrogen-bond donors (Lipinski definition) is 1. The largest absolute Gasteiger partial charge is 0.397 e. The highest BCUT2D eigenvalue weighted by molar-refractivity contribution is 6.11. The predicted molar refractivity (Wildman–Crippen MR) is 23.6 cm³/mol. The summed E-state index contributed by atoms with van der Waals surface area (Å²) in [5.41, 5.74) is 0. The molecule has 34 valence electrons. The van der Waals surface area contributed by atoms with Crippen LogP contribution in [0, 0.1) is 0 Å². The monoisotopic (exact) mass is 102 g/mol. The number of aliphatic hydroxyl groups is 1. The van der Waals surface area contributed by atoms with Gasteiger partial charge in [-0.3, -0.25) is 0 Å². The SMILES string of the molecule is CO[CH]([Al])CO. The van der Waals surface area contributed by atoms with Crippen molar-refractivity contribution in [3.8, 4) is 0 Å². The van der Waals surface area contributed by atoms with Crippen LogP contribution in [0.1, 0.15) is 0 Å². The summed E-state index contributed by atoms with van der Waals surface area (Å²) in [6.07, 6.45) is 0. The van der Waals surface area contributed by atoms with Gasteiger partial charge in [-0.05, 0) is 0 Å². The Morgan fingerprint density at radius 2 is 2.50 bits per heavy atom. The molecule has 0 saturated heterocycles. The standard InChI is InChI=1S/C3H7O2.Al/c1-5-3-2-4;/h3-4H,2H2,1H3;. The van der Waals surface area contributed by atoms with E-state index in [1.54, 1.807) is 7.11 Å². The molecule has 0 aromatic carbocycles. The molecule has 1 N–H and O–H groups in total. The van der Waals surface area contributed by atoms with Crippen LogP contribution < -0.4 is 0 Å². The Kier molecular flexibility index (Phi) is 3.91. The number of rotatable bonds is 2. The van der Waals surface area contributed by atoms with Crippen LogP contribution in [0.2, 0.25) is 0 Å². The molecule has 0 amide bonds. The van der Waals surface area contributed by atoms with E-state index in [9.17, 15) is 0 Å². The molecule has 0 saturated carbocycles. The van der Waals surface area contributed by atoms with Gasteiger partial charge in [0.15, 0.2) is 16.3 Å². The van der Waals surface area contributed by atoms with Crippen molar-refractivity contribution in [3.63, 3.8) is 0 Å². The lowest BCUT2D eigenvalue weighted by molar-refractivity contribution is 0.104. The molecule has 6 heavy (non-hydrogen) atoms. The average Bonchev–Trinajstić information content (AvgIpc) is 1.65. The van der Waals surface area contributed by atoms with Crippen LogP contribution in [0.3, 0.4) is 0 Å². The Labute approximate surface area is 45.5 Å². The molecule has 0 spiro atoms. The van der Waals surface area contributed by atoms with E-state index in [0.717, 1.165) is 0 Å². The zero-order chi connectivity index (χ0) is 4.99. The van der Waals surface area contributed by atoms with Gasteiger partial charge >= 0.3 is 0 Å². The first-order chi connectivity index (χ1) is 2.81. The van der Waals surface area contributed by atoms with Crippen LogP contribution in [0.5, 0.6) is 0 Å². The highest BCUT2D eigenvalue weighted by Gasteiger charge is 1.88. The Hall–Kier alpha value is 0.452. The predicted octanol–water partition coefficient (Wildman–Crippen LogP) is -0.880. The molecular formula is C3H7AlO2. The van der Waals surface area contributed by atoms with Gasteiger partial charge in [-0.25, -0.2) is 0 Å². The topological polar surface area (TPSA) is 29.5 Å². The molecule has 1 atom stereocenters. The lowest BCUT2D eigenvalue weighted by Gasteiger charge is -2.02. The van der Waals surface area contributed by atoms with Crippen LogP contribution in [0.25, 0.3) is 0 Å². The summed E-state index contributed by atoms with van der Waals surface area (Å²) in [7, 11) is 1.55. The Morgan fingerprint density at radius 3 is 2.50 bits per heavy atom. The molecule has 0 aliphatic rings. The van der Waals surface area contributed by atoms with Gasteiger partial charge in [-0.1, -0.05) is 0 Å². The second-order valence-electron chi connectivity index (χ2n) is 0.957. The fraction of sp³-hybridized carbons (Fsp3) is 1.00. The summed E-state index contributed by atoms with van der Waals surface area (Å²) in [4.78, 5) is -0.0926. The quantitative estimate of drug-likeness (QED) is 0.459. The van der Waals surface area contributed by atoms with Gasteiger partial charge in [0.2, 0.25) is 0 Å². The molecule has 0 aromatic rings. The van der Waals surface area contributed by atoms with Gasteiger partial charge in [0.05, 0.1) is 6.61 Å². The van der Waals surface area contributed by atoms with Crippen LogP contribution in [-0.4, -0.2) is 40.1 Å². The normalized spacial score (nSPS) is 14.3. The van der Waals surface area contributed by atoms with Crippen molar-refractivity contribution >= 4 is 16.3 Å². The number of methoxy groups -OCH3 is 1. The highest BCUT2D eigenvalue weighted by Crippen LogP contribution is 1.74. The van der Waals surface area contributed by atoms with Gasteiger partial charge in [0, 0.05) is 12.1 Å². The van der Waals surface area contributed by atoms with Crippen molar-refractivity contribution in [2.24, 2.45) is 0 Å². The first kappa shape index (κ1) is 6.45. The highest BCUT2D eigenvalue weighted by atomic mass is 27.0. The number of aliphatic hydroxyl groups excluding tert-OH is 1. The van der Waals surface area contributed by atoms with E-state index in [4.69, 9.17) is 5.11 Å². The molecule has 0 heterocycles. The summed E-state index contributed by atoms with van der Waals surface area (Å²) in [6.45, 7) is 0.0706. The third kappa shape index (κ3) is 2.68. The molecule has 2 nitrogen and oxygen atoms in total. The maximum Gasteiger partial charge on any atom is 0.174 e. The third-order valence-electron chi connectivity index (χ3n) is 0.483. The lowest BCUT2D eigenvalue weighted by atomic mass is 10.8. The second kappa shape index (κ2) is 3.64. The summed E-state index contributed by atoms with van der Waals surface area (Å²) in [5, 5.41) is 8.19. The third-order valence-corrected chi connectivity index (χ3v) is 0.966. The Balaban J connectivity index is 2.75. The summed E-state index contributed by atoms with van der Waals surface area (Å²) < 4.78 is 4.61. The minimum absolute atomic E-state index is 0.0706.